The number of esters is 1. The van der Waals surface area contributed by atoms with Crippen LogP contribution in [0.15, 0.2) is 24.3 Å². The van der Waals surface area contributed by atoms with Gasteiger partial charge in [0.1, 0.15) is 5.75 Å². The second-order valence-corrected chi connectivity index (χ2v) is 5.84. The number of carbonyl (C=O) groups excluding carboxylic acids is 1. The van der Waals surface area contributed by atoms with E-state index < -0.39 is 21.5 Å². The number of non-ortho nitro benzene ring substituents is 1. The molecule has 0 radical (unpaired) electrons. The highest BCUT2D eigenvalue weighted by Crippen LogP contribution is 2.26. The molecule has 0 aliphatic carbocycles. The molecule has 1 aromatic rings. The van der Waals surface area contributed by atoms with Crippen LogP contribution in [0.3, 0.4) is 0 Å². The van der Waals surface area contributed by atoms with Gasteiger partial charge in [-0.15, -0.1) is 0 Å². The first-order valence-corrected chi connectivity index (χ1v) is 8.62. The first-order chi connectivity index (χ1) is 12.4. The number of ether oxygens (including phenoxy) is 2. The topological polar surface area (TPSA) is 122 Å². The molecule has 0 aliphatic rings. The predicted molar refractivity (Wildman–Crippen MR) is 93.5 cm³/mol. The number of hydrogen-bond donors (Lipinski definition) is 0. The molecule has 0 amide bonds. The zero-order chi connectivity index (χ0) is 19.6. The van der Waals surface area contributed by atoms with Crippen LogP contribution >= 0.6 is 0 Å². The van der Waals surface area contributed by atoms with Gasteiger partial charge in [0.2, 0.25) is 0 Å². The molecule has 0 aliphatic heterocycles. The Morgan fingerprint density at radius 2 is 1.65 bits per heavy atom. The van der Waals surface area contributed by atoms with Gasteiger partial charge in [0.15, 0.2) is 0 Å². The third-order valence-corrected chi connectivity index (χ3v) is 3.83. The van der Waals surface area contributed by atoms with Gasteiger partial charge in [-0.25, -0.2) is 4.79 Å². The molecule has 0 saturated carbocycles. The Hall–Kier alpha value is -2.55. The summed E-state index contributed by atoms with van der Waals surface area (Å²) in [6.45, 7) is 3.91. The van der Waals surface area contributed by atoms with Crippen molar-refractivity contribution in [3.05, 3.63) is 44.5 Å². The van der Waals surface area contributed by atoms with Gasteiger partial charge >= 0.3 is 11.7 Å². The van der Waals surface area contributed by atoms with Crippen LogP contribution < -0.4 is 4.74 Å². The minimum absolute atomic E-state index is 0.0134. The molecule has 0 heterocycles. The highest BCUT2D eigenvalue weighted by atomic mass is 16.7. The summed E-state index contributed by atoms with van der Waals surface area (Å²) in [7, 11) is 0. The molecule has 0 aromatic heterocycles. The quantitative estimate of drug-likeness (QED) is 0.137. The SMILES string of the molecule is CCCCCOC(CCCC)(C(=O)Oc1ccc([N+](=O)[O-])cc1)[N+](=O)[O-]. The normalized spacial score (nSPS) is 13.0. The lowest BCUT2D eigenvalue weighted by Crippen LogP contribution is -2.51. The molecule has 1 aromatic carbocycles. The molecule has 0 saturated heterocycles. The molecule has 26 heavy (non-hydrogen) atoms. The van der Waals surface area contributed by atoms with Crippen LogP contribution in [0.25, 0.3) is 0 Å². The lowest BCUT2D eigenvalue weighted by Gasteiger charge is -2.23. The summed E-state index contributed by atoms with van der Waals surface area (Å²) in [5, 5.41) is 22.3. The third kappa shape index (κ3) is 5.76. The minimum Gasteiger partial charge on any atom is -0.419 e. The number of unbranched alkanes of at least 4 members (excludes halogenated alkanes) is 3. The molecule has 0 N–H and O–H groups in total. The van der Waals surface area contributed by atoms with Crippen molar-refractivity contribution in [3.8, 4) is 5.75 Å². The number of benzene rings is 1. The Kier molecular flexibility index (Phi) is 8.63. The van der Waals surface area contributed by atoms with E-state index in [1.807, 2.05) is 13.8 Å². The van der Waals surface area contributed by atoms with Gasteiger partial charge in [-0.2, -0.15) is 0 Å². The van der Waals surface area contributed by atoms with Crippen LogP contribution in [-0.2, 0) is 9.53 Å². The molecule has 0 bridgehead atoms. The van der Waals surface area contributed by atoms with Crippen molar-refractivity contribution in [3.63, 3.8) is 0 Å². The van der Waals surface area contributed by atoms with Gasteiger partial charge in [-0.1, -0.05) is 33.1 Å². The second-order valence-electron chi connectivity index (χ2n) is 5.84. The lowest BCUT2D eigenvalue weighted by atomic mass is 10.1. The van der Waals surface area contributed by atoms with Gasteiger partial charge in [0, 0.05) is 12.1 Å². The molecule has 144 valence electrons. The summed E-state index contributed by atoms with van der Waals surface area (Å²) in [5.41, 5.74) is -2.45. The van der Waals surface area contributed by atoms with Crippen molar-refractivity contribution >= 4 is 11.7 Å². The van der Waals surface area contributed by atoms with Crippen molar-refractivity contribution < 1.29 is 24.1 Å². The average molecular weight is 368 g/mol. The smallest absolute Gasteiger partial charge is 0.419 e. The summed E-state index contributed by atoms with van der Waals surface area (Å²) in [6.07, 6.45) is 3.32. The standard InChI is InChI=1S/C17H24N2O7/c1-3-5-7-13-25-17(19(23)24,12-6-4-2)16(20)26-15-10-8-14(9-11-15)18(21)22/h8-11H,3-7,12-13H2,1-2H3. The van der Waals surface area contributed by atoms with Gasteiger partial charge in [0.05, 0.1) is 22.9 Å². The average Bonchev–Trinajstić information content (AvgIpc) is 2.61. The van der Waals surface area contributed by atoms with E-state index in [-0.39, 0.29) is 24.5 Å². The van der Waals surface area contributed by atoms with E-state index in [1.54, 1.807) is 0 Å². The van der Waals surface area contributed by atoms with E-state index in [2.05, 4.69) is 0 Å². The van der Waals surface area contributed by atoms with Crippen LogP contribution in [0.5, 0.6) is 5.75 Å². The van der Waals surface area contributed by atoms with E-state index >= 15 is 0 Å². The van der Waals surface area contributed by atoms with Gasteiger partial charge in [0.25, 0.3) is 5.69 Å². The summed E-state index contributed by atoms with van der Waals surface area (Å²) < 4.78 is 10.5. The van der Waals surface area contributed by atoms with Crippen molar-refractivity contribution in [1.29, 1.82) is 0 Å². The van der Waals surface area contributed by atoms with Crippen molar-refractivity contribution in [2.24, 2.45) is 0 Å². The fourth-order valence-corrected chi connectivity index (χ4v) is 2.28. The first-order valence-electron chi connectivity index (χ1n) is 8.62. The fourth-order valence-electron chi connectivity index (χ4n) is 2.28. The first kappa shape index (κ1) is 21.5. The highest BCUT2D eigenvalue weighted by molar-refractivity contribution is 5.80. The highest BCUT2D eigenvalue weighted by Gasteiger charge is 2.54. The predicted octanol–water partition coefficient (Wildman–Crippen LogP) is 3.87. The molecule has 9 heteroatoms. The van der Waals surface area contributed by atoms with E-state index in [0.717, 1.165) is 25.0 Å². The Bertz CT molecular complexity index is 618. The Morgan fingerprint density at radius 3 is 2.15 bits per heavy atom. The fraction of sp³-hybridized carbons (Fsp3) is 0.588. The Morgan fingerprint density at radius 1 is 1.04 bits per heavy atom. The molecule has 1 unspecified atom stereocenters. The lowest BCUT2D eigenvalue weighted by molar-refractivity contribution is -0.613. The summed E-state index contributed by atoms with van der Waals surface area (Å²) in [6, 6.07) is 4.75. The zero-order valence-corrected chi connectivity index (χ0v) is 15.0. The van der Waals surface area contributed by atoms with Gasteiger partial charge in [-0.3, -0.25) is 20.2 Å². The zero-order valence-electron chi connectivity index (χ0n) is 15.0. The van der Waals surface area contributed by atoms with Gasteiger partial charge < -0.3 is 9.47 Å². The number of nitro groups is 2. The van der Waals surface area contributed by atoms with Crippen LogP contribution in [0.4, 0.5) is 5.69 Å². The number of nitrogens with zero attached hydrogens (tertiary/aromatic N) is 2. The van der Waals surface area contributed by atoms with E-state index in [9.17, 15) is 25.0 Å². The Balaban J connectivity index is 2.96. The van der Waals surface area contributed by atoms with E-state index in [0.29, 0.717) is 19.3 Å². The van der Waals surface area contributed by atoms with E-state index in [1.165, 1.54) is 12.1 Å². The molecule has 1 atom stereocenters. The number of hydrogen-bond acceptors (Lipinski definition) is 7. The maximum atomic E-state index is 12.5. The van der Waals surface area contributed by atoms with Crippen molar-refractivity contribution in [1.82, 2.24) is 0 Å². The number of rotatable bonds is 12. The maximum Gasteiger partial charge on any atom is 0.422 e. The largest absolute Gasteiger partial charge is 0.422 e. The second kappa shape index (κ2) is 10.4. The Labute approximate surface area is 151 Å². The minimum atomic E-state index is -2.27. The molecule has 0 spiro atoms. The monoisotopic (exact) mass is 368 g/mol. The van der Waals surface area contributed by atoms with Crippen LogP contribution in [0.2, 0.25) is 0 Å². The van der Waals surface area contributed by atoms with Crippen LogP contribution in [0, 0.1) is 20.2 Å². The molecule has 0 fully saturated rings. The van der Waals surface area contributed by atoms with E-state index in [4.69, 9.17) is 9.47 Å². The number of carbonyl (C=O) groups is 1. The van der Waals surface area contributed by atoms with Gasteiger partial charge in [-0.05, 0) is 25.0 Å². The van der Waals surface area contributed by atoms with Crippen molar-refractivity contribution in [2.45, 2.75) is 58.1 Å². The summed E-state index contributed by atoms with van der Waals surface area (Å²) in [4.78, 5) is 33.5. The number of nitro benzene ring substituents is 1. The summed E-state index contributed by atoms with van der Waals surface area (Å²) in [5.74, 6) is -1.14. The summed E-state index contributed by atoms with van der Waals surface area (Å²) >= 11 is 0. The molecular formula is C17H24N2O7. The van der Waals surface area contributed by atoms with Crippen LogP contribution in [0.1, 0.15) is 52.4 Å². The molecule has 9 nitrogen and oxygen atoms in total. The van der Waals surface area contributed by atoms with Crippen molar-refractivity contribution in [2.75, 3.05) is 6.61 Å². The molecule has 1 rings (SSSR count). The maximum absolute atomic E-state index is 12.5. The third-order valence-electron chi connectivity index (χ3n) is 3.83. The van der Waals surface area contributed by atoms with Crippen LogP contribution in [-0.4, -0.2) is 28.1 Å². The molecular weight excluding hydrogens is 344 g/mol.